The van der Waals surface area contributed by atoms with E-state index in [0.717, 1.165) is 23.9 Å². The number of nitrogens with one attached hydrogen (secondary N) is 1. The van der Waals surface area contributed by atoms with Crippen molar-refractivity contribution in [1.82, 2.24) is 14.8 Å². The van der Waals surface area contributed by atoms with Crippen molar-refractivity contribution in [1.29, 1.82) is 0 Å². The first-order chi connectivity index (χ1) is 9.33. The van der Waals surface area contributed by atoms with E-state index in [-0.39, 0.29) is 0 Å². The van der Waals surface area contributed by atoms with Crippen LogP contribution < -0.4 is 5.32 Å². The molecule has 1 N–H and O–H groups in total. The number of nitrogens with zero attached hydrogens (tertiary/aromatic N) is 3. The molecular weight excluding hydrogens is 256 g/mol. The lowest BCUT2D eigenvalue weighted by atomic mass is 10.1. The summed E-state index contributed by atoms with van der Waals surface area (Å²) in [7, 11) is 1.96. The Bertz CT molecular complexity index is 529. The maximum Gasteiger partial charge on any atom is 0.163 e. The van der Waals surface area contributed by atoms with E-state index in [9.17, 15) is 0 Å². The summed E-state index contributed by atoms with van der Waals surface area (Å²) in [5.41, 5.74) is 2.28. The van der Waals surface area contributed by atoms with Crippen molar-refractivity contribution in [2.75, 3.05) is 23.4 Å². The molecule has 1 unspecified atom stereocenters. The number of hydrogen-bond acceptors (Lipinski definition) is 4. The van der Waals surface area contributed by atoms with Crippen LogP contribution in [0.25, 0.3) is 11.4 Å². The smallest absolute Gasteiger partial charge is 0.163 e. The van der Waals surface area contributed by atoms with E-state index >= 15 is 0 Å². The van der Waals surface area contributed by atoms with E-state index in [2.05, 4.69) is 51.5 Å². The monoisotopic (exact) mass is 274 g/mol. The van der Waals surface area contributed by atoms with E-state index in [0.29, 0.717) is 0 Å². The molecule has 1 aromatic carbocycles. The summed E-state index contributed by atoms with van der Waals surface area (Å²) >= 11 is 2.06. The third-order valence-electron chi connectivity index (χ3n) is 3.47. The number of benzene rings is 1. The number of rotatable bonds is 4. The highest BCUT2D eigenvalue weighted by Gasteiger charge is 2.14. The molecule has 2 heterocycles. The molecule has 4 nitrogen and oxygen atoms in total. The van der Waals surface area contributed by atoms with Crippen LogP contribution in [0, 0.1) is 5.92 Å². The average molecular weight is 274 g/mol. The maximum atomic E-state index is 4.11. The summed E-state index contributed by atoms with van der Waals surface area (Å²) in [6.07, 6.45) is 3.06. The van der Waals surface area contributed by atoms with Gasteiger partial charge in [-0.05, 0) is 48.1 Å². The Morgan fingerprint density at radius 3 is 2.84 bits per heavy atom. The summed E-state index contributed by atoms with van der Waals surface area (Å²) in [5, 5.41) is 11.5. The average Bonchev–Trinajstić information content (AvgIpc) is 3.08. The van der Waals surface area contributed by atoms with Crippen LogP contribution in [0.4, 0.5) is 5.69 Å². The molecular formula is C14H18N4S. The number of aryl methyl sites for hydroxylation is 1. The van der Waals surface area contributed by atoms with Crippen molar-refractivity contribution in [3.05, 3.63) is 30.6 Å². The van der Waals surface area contributed by atoms with E-state index in [1.54, 1.807) is 6.33 Å². The van der Waals surface area contributed by atoms with Gasteiger partial charge >= 0.3 is 0 Å². The molecule has 0 saturated carbocycles. The Balaban J connectivity index is 1.64. The molecule has 5 heteroatoms. The SMILES string of the molecule is Cn1cnnc1-c1ccc(NCC2CCSC2)cc1. The Hall–Kier alpha value is -1.49. The molecule has 100 valence electrons. The Kier molecular flexibility index (Phi) is 3.73. The molecule has 1 aromatic heterocycles. The van der Waals surface area contributed by atoms with Gasteiger partial charge in [0.2, 0.25) is 0 Å². The predicted octanol–water partition coefficient (Wildman–Crippen LogP) is 2.65. The highest BCUT2D eigenvalue weighted by molar-refractivity contribution is 7.99. The second-order valence-corrected chi connectivity index (χ2v) is 6.10. The normalized spacial score (nSPS) is 18.7. The molecule has 1 aliphatic rings. The number of thioether (sulfide) groups is 1. The summed E-state index contributed by atoms with van der Waals surface area (Å²) in [4.78, 5) is 0. The third kappa shape index (κ3) is 2.92. The molecule has 2 aromatic rings. The highest BCUT2D eigenvalue weighted by Crippen LogP contribution is 2.24. The molecule has 0 aliphatic carbocycles. The van der Waals surface area contributed by atoms with Gasteiger partial charge in [-0.3, -0.25) is 0 Å². The molecule has 0 amide bonds. The van der Waals surface area contributed by atoms with Crippen LogP contribution in [0.3, 0.4) is 0 Å². The summed E-state index contributed by atoms with van der Waals surface area (Å²) < 4.78 is 1.93. The first kappa shape index (κ1) is 12.5. The van der Waals surface area contributed by atoms with Gasteiger partial charge in [-0.2, -0.15) is 11.8 Å². The fourth-order valence-corrected chi connectivity index (χ4v) is 3.57. The van der Waals surface area contributed by atoms with Crippen LogP contribution >= 0.6 is 11.8 Å². The van der Waals surface area contributed by atoms with Gasteiger partial charge in [0.15, 0.2) is 5.82 Å². The molecule has 1 fully saturated rings. The Morgan fingerprint density at radius 1 is 1.37 bits per heavy atom. The molecule has 1 saturated heterocycles. The minimum absolute atomic E-state index is 0.823. The topological polar surface area (TPSA) is 42.7 Å². The molecule has 3 rings (SSSR count). The Labute approximate surface area is 117 Å². The second kappa shape index (κ2) is 5.65. The standard InChI is InChI=1S/C14H18N4S/c1-18-10-16-17-14(18)12-2-4-13(5-3-12)15-8-11-6-7-19-9-11/h2-5,10-11,15H,6-9H2,1H3. The van der Waals surface area contributed by atoms with Gasteiger partial charge in [0, 0.05) is 24.8 Å². The van der Waals surface area contributed by atoms with Crippen molar-refractivity contribution in [3.63, 3.8) is 0 Å². The van der Waals surface area contributed by atoms with Gasteiger partial charge in [-0.25, -0.2) is 0 Å². The lowest BCUT2D eigenvalue weighted by Gasteiger charge is -2.11. The lowest BCUT2D eigenvalue weighted by molar-refractivity contribution is 0.632. The number of anilines is 1. The number of aromatic nitrogens is 3. The third-order valence-corrected chi connectivity index (χ3v) is 4.70. The van der Waals surface area contributed by atoms with Crippen LogP contribution in [0.15, 0.2) is 30.6 Å². The van der Waals surface area contributed by atoms with Gasteiger partial charge in [0.25, 0.3) is 0 Å². The lowest BCUT2D eigenvalue weighted by Crippen LogP contribution is -2.13. The van der Waals surface area contributed by atoms with Gasteiger partial charge in [-0.15, -0.1) is 10.2 Å². The van der Waals surface area contributed by atoms with Crippen LogP contribution in [0.1, 0.15) is 6.42 Å². The zero-order chi connectivity index (χ0) is 13.1. The summed E-state index contributed by atoms with van der Waals surface area (Å²) in [6.45, 7) is 1.08. The summed E-state index contributed by atoms with van der Waals surface area (Å²) in [5.74, 6) is 4.34. The van der Waals surface area contributed by atoms with Crippen LogP contribution in [0.2, 0.25) is 0 Å². The first-order valence-electron chi connectivity index (χ1n) is 6.59. The quantitative estimate of drug-likeness (QED) is 0.931. The molecule has 0 radical (unpaired) electrons. The zero-order valence-electron chi connectivity index (χ0n) is 11.0. The molecule has 0 bridgehead atoms. The number of hydrogen-bond donors (Lipinski definition) is 1. The minimum atomic E-state index is 0.823. The van der Waals surface area contributed by atoms with Gasteiger partial charge in [0.1, 0.15) is 6.33 Å². The van der Waals surface area contributed by atoms with E-state index < -0.39 is 0 Å². The fourth-order valence-electron chi connectivity index (χ4n) is 2.29. The van der Waals surface area contributed by atoms with Gasteiger partial charge in [-0.1, -0.05) is 0 Å². The zero-order valence-corrected chi connectivity index (χ0v) is 11.9. The first-order valence-corrected chi connectivity index (χ1v) is 7.74. The largest absolute Gasteiger partial charge is 0.385 e. The Morgan fingerprint density at radius 2 is 2.21 bits per heavy atom. The van der Waals surface area contributed by atoms with Crippen molar-refractivity contribution >= 4 is 17.4 Å². The van der Waals surface area contributed by atoms with E-state index in [4.69, 9.17) is 0 Å². The van der Waals surface area contributed by atoms with E-state index in [1.165, 1.54) is 23.6 Å². The van der Waals surface area contributed by atoms with Crippen molar-refractivity contribution in [2.24, 2.45) is 13.0 Å². The minimum Gasteiger partial charge on any atom is -0.385 e. The molecule has 19 heavy (non-hydrogen) atoms. The summed E-state index contributed by atoms with van der Waals surface area (Å²) in [6, 6.07) is 8.42. The van der Waals surface area contributed by atoms with Crippen molar-refractivity contribution < 1.29 is 0 Å². The molecule has 0 spiro atoms. The van der Waals surface area contributed by atoms with Gasteiger partial charge in [0.05, 0.1) is 0 Å². The molecule has 1 aliphatic heterocycles. The van der Waals surface area contributed by atoms with Crippen LogP contribution in [-0.2, 0) is 7.05 Å². The highest BCUT2D eigenvalue weighted by atomic mass is 32.2. The van der Waals surface area contributed by atoms with Crippen molar-refractivity contribution in [3.8, 4) is 11.4 Å². The van der Waals surface area contributed by atoms with Crippen molar-refractivity contribution in [2.45, 2.75) is 6.42 Å². The molecule has 1 atom stereocenters. The predicted molar refractivity (Wildman–Crippen MR) is 80.4 cm³/mol. The maximum absolute atomic E-state index is 4.11. The van der Waals surface area contributed by atoms with Gasteiger partial charge < -0.3 is 9.88 Å². The van der Waals surface area contributed by atoms with Crippen LogP contribution in [-0.4, -0.2) is 32.8 Å². The second-order valence-electron chi connectivity index (χ2n) is 4.95. The van der Waals surface area contributed by atoms with Crippen LogP contribution in [0.5, 0.6) is 0 Å². The fraction of sp³-hybridized carbons (Fsp3) is 0.429. The van der Waals surface area contributed by atoms with E-state index in [1.807, 2.05) is 11.6 Å².